The Morgan fingerprint density at radius 3 is 2.38 bits per heavy atom. The SMILES string of the molecule is CN(C)S(=O)(=O)c1ccc(COC(=O)c2ccc(S(=O)(=O)NCCC#N)cc2)o1. The van der Waals surface area contributed by atoms with Crippen LogP contribution < -0.4 is 4.72 Å². The monoisotopic (exact) mass is 441 g/mol. The summed E-state index contributed by atoms with van der Waals surface area (Å²) in [5.41, 5.74) is 0.105. The van der Waals surface area contributed by atoms with Crippen molar-refractivity contribution in [3.63, 3.8) is 0 Å². The quantitative estimate of drug-likeness (QED) is 0.449. The number of rotatable bonds is 9. The van der Waals surface area contributed by atoms with Crippen molar-refractivity contribution in [2.45, 2.75) is 23.0 Å². The van der Waals surface area contributed by atoms with E-state index < -0.39 is 26.0 Å². The molecular weight excluding hydrogens is 422 g/mol. The third-order valence-corrected chi connectivity index (χ3v) is 6.81. The molecule has 10 nitrogen and oxygen atoms in total. The lowest BCUT2D eigenvalue weighted by molar-refractivity contribution is 0.0440. The molecule has 0 atom stereocenters. The highest BCUT2D eigenvalue weighted by Gasteiger charge is 2.22. The standard InChI is InChI=1S/C17H19N3O7S2/c1-20(2)29(24,25)16-9-6-14(27-16)12-26-17(21)13-4-7-15(8-5-13)28(22,23)19-11-3-10-18/h4-9,19H,3,11-12H2,1-2H3. The van der Waals surface area contributed by atoms with Gasteiger partial charge in [-0.2, -0.15) is 5.26 Å². The summed E-state index contributed by atoms with van der Waals surface area (Å²) in [5, 5.41) is 8.18. The molecule has 0 aliphatic carbocycles. The van der Waals surface area contributed by atoms with Gasteiger partial charge in [0.2, 0.25) is 15.1 Å². The van der Waals surface area contributed by atoms with Gasteiger partial charge < -0.3 is 9.15 Å². The number of carbonyl (C=O) groups excluding carboxylic acids is 1. The summed E-state index contributed by atoms with van der Waals surface area (Å²) < 4.78 is 61.5. The van der Waals surface area contributed by atoms with Gasteiger partial charge in [0.05, 0.1) is 16.5 Å². The highest BCUT2D eigenvalue weighted by atomic mass is 32.2. The molecule has 0 aliphatic rings. The maximum Gasteiger partial charge on any atom is 0.338 e. The zero-order valence-corrected chi connectivity index (χ0v) is 17.3. The van der Waals surface area contributed by atoms with E-state index in [-0.39, 0.29) is 40.9 Å². The van der Waals surface area contributed by atoms with E-state index in [2.05, 4.69) is 4.72 Å². The summed E-state index contributed by atoms with van der Waals surface area (Å²) >= 11 is 0. The normalized spacial score (nSPS) is 11.9. The molecule has 2 aromatic rings. The minimum Gasteiger partial charge on any atom is -0.454 e. The zero-order chi connectivity index (χ0) is 21.7. The first-order chi connectivity index (χ1) is 13.6. The molecule has 2 rings (SSSR count). The number of carbonyl (C=O) groups is 1. The number of ether oxygens (including phenoxy) is 1. The van der Waals surface area contributed by atoms with Crippen LogP contribution in [0.3, 0.4) is 0 Å². The topological polar surface area (TPSA) is 147 Å². The van der Waals surface area contributed by atoms with Crippen molar-refractivity contribution >= 4 is 26.0 Å². The van der Waals surface area contributed by atoms with Crippen LogP contribution in [-0.2, 0) is 31.4 Å². The fourth-order valence-corrected chi connectivity index (χ4v) is 3.91. The Labute approximate surface area is 168 Å². The molecule has 29 heavy (non-hydrogen) atoms. The van der Waals surface area contributed by atoms with Crippen LogP contribution in [0.25, 0.3) is 0 Å². The van der Waals surface area contributed by atoms with Crippen molar-refractivity contribution in [3.8, 4) is 6.07 Å². The van der Waals surface area contributed by atoms with E-state index >= 15 is 0 Å². The van der Waals surface area contributed by atoms with E-state index in [1.165, 1.54) is 50.5 Å². The Morgan fingerprint density at radius 1 is 1.14 bits per heavy atom. The summed E-state index contributed by atoms with van der Waals surface area (Å²) in [6, 6.07) is 9.51. The molecule has 1 N–H and O–H groups in total. The van der Waals surface area contributed by atoms with Crippen LogP contribution in [0.2, 0.25) is 0 Å². The van der Waals surface area contributed by atoms with Gasteiger partial charge in [-0.15, -0.1) is 0 Å². The number of esters is 1. The van der Waals surface area contributed by atoms with E-state index in [0.29, 0.717) is 0 Å². The molecule has 0 radical (unpaired) electrons. The van der Waals surface area contributed by atoms with Crippen LogP contribution >= 0.6 is 0 Å². The van der Waals surface area contributed by atoms with Gasteiger partial charge in [-0.05, 0) is 36.4 Å². The van der Waals surface area contributed by atoms with E-state index in [0.717, 1.165) is 4.31 Å². The van der Waals surface area contributed by atoms with Crippen molar-refractivity contribution in [2.75, 3.05) is 20.6 Å². The van der Waals surface area contributed by atoms with Crippen LogP contribution in [0.15, 0.2) is 50.8 Å². The second-order valence-corrected chi connectivity index (χ2v) is 9.76. The van der Waals surface area contributed by atoms with Crippen molar-refractivity contribution in [3.05, 3.63) is 47.7 Å². The maximum absolute atomic E-state index is 12.1. The first-order valence-electron chi connectivity index (χ1n) is 8.23. The number of hydrogen-bond acceptors (Lipinski definition) is 8. The largest absolute Gasteiger partial charge is 0.454 e. The smallest absolute Gasteiger partial charge is 0.338 e. The van der Waals surface area contributed by atoms with E-state index in [1.807, 2.05) is 6.07 Å². The molecule has 12 heteroatoms. The molecule has 0 saturated heterocycles. The average Bonchev–Trinajstić information content (AvgIpc) is 3.16. The molecule has 0 aliphatic heterocycles. The Balaban J connectivity index is 2.00. The lowest BCUT2D eigenvalue weighted by Crippen LogP contribution is -2.24. The van der Waals surface area contributed by atoms with E-state index in [9.17, 15) is 21.6 Å². The number of nitriles is 1. The number of benzene rings is 1. The summed E-state index contributed by atoms with van der Waals surface area (Å²) in [7, 11) is -4.78. The predicted molar refractivity (Wildman–Crippen MR) is 101 cm³/mol. The lowest BCUT2D eigenvalue weighted by Gasteiger charge is -2.08. The highest BCUT2D eigenvalue weighted by Crippen LogP contribution is 2.18. The summed E-state index contributed by atoms with van der Waals surface area (Å²) in [4.78, 5) is 12.1. The second-order valence-electron chi connectivity index (χ2n) is 5.91. The van der Waals surface area contributed by atoms with Gasteiger partial charge in [-0.25, -0.2) is 30.7 Å². The number of furan rings is 1. The molecule has 1 heterocycles. The molecule has 0 amide bonds. The first kappa shape index (κ1) is 22.6. The minimum atomic E-state index is -3.78. The predicted octanol–water partition coefficient (Wildman–Crippen LogP) is 1.08. The van der Waals surface area contributed by atoms with Gasteiger partial charge in [0.15, 0.2) is 0 Å². The molecule has 1 aromatic heterocycles. The third-order valence-electron chi connectivity index (χ3n) is 3.65. The molecule has 156 valence electrons. The second kappa shape index (κ2) is 9.19. The van der Waals surface area contributed by atoms with Crippen LogP contribution in [0, 0.1) is 11.3 Å². The van der Waals surface area contributed by atoms with Crippen LogP contribution in [0.5, 0.6) is 0 Å². The van der Waals surface area contributed by atoms with Crippen molar-refractivity contribution in [1.29, 1.82) is 5.26 Å². The molecule has 0 fully saturated rings. The Hall–Kier alpha value is -2.72. The Kier molecular flexibility index (Phi) is 7.15. The van der Waals surface area contributed by atoms with Gasteiger partial charge >= 0.3 is 5.97 Å². The molecule has 0 spiro atoms. The lowest BCUT2D eigenvalue weighted by atomic mass is 10.2. The van der Waals surface area contributed by atoms with Gasteiger partial charge in [-0.3, -0.25) is 0 Å². The van der Waals surface area contributed by atoms with Gasteiger partial charge in [0.1, 0.15) is 12.4 Å². The van der Waals surface area contributed by atoms with E-state index in [1.54, 1.807) is 0 Å². The zero-order valence-electron chi connectivity index (χ0n) is 15.7. The molecule has 0 bridgehead atoms. The van der Waals surface area contributed by atoms with E-state index in [4.69, 9.17) is 14.4 Å². The van der Waals surface area contributed by atoms with Crippen molar-refractivity contribution in [2.24, 2.45) is 0 Å². The molecule has 0 saturated carbocycles. The van der Waals surface area contributed by atoms with Crippen LogP contribution in [0.1, 0.15) is 22.5 Å². The van der Waals surface area contributed by atoms with Crippen molar-refractivity contribution < 1.29 is 30.8 Å². The highest BCUT2D eigenvalue weighted by molar-refractivity contribution is 7.89. The fraction of sp³-hybridized carbons (Fsp3) is 0.294. The Bertz CT molecular complexity index is 1110. The summed E-state index contributed by atoms with van der Waals surface area (Å²) in [6.45, 7) is -0.311. The number of sulfonamides is 2. The molecular formula is C17H19N3O7S2. The maximum atomic E-state index is 12.1. The van der Waals surface area contributed by atoms with Gasteiger partial charge in [0.25, 0.3) is 10.0 Å². The third kappa shape index (κ3) is 5.64. The Morgan fingerprint density at radius 2 is 1.79 bits per heavy atom. The fourth-order valence-electron chi connectivity index (χ4n) is 2.07. The summed E-state index contributed by atoms with van der Waals surface area (Å²) in [5.74, 6) is -0.598. The average molecular weight is 441 g/mol. The summed E-state index contributed by atoms with van der Waals surface area (Å²) in [6.07, 6.45) is 0.0357. The van der Waals surface area contributed by atoms with Crippen molar-refractivity contribution in [1.82, 2.24) is 9.03 Å². The number of hydrogen-bond donors (Lipinski definition) is 1. The molecule has 1 aromatic carbocycles. The number of nitrogens with zero attached hydrogens (tertiary/aromatic N) is 2. The van der Waals surface area contributed by atoms with Crippen LogP contribution in [0.4, 0.5) is 0 Å². The molecule has 0 unspecified atom stereocenters. The first-order valence-corrected chi connectivity index (χ1v) is 11.2. The number of nitrogens with one attached hydrogen (secondary N) is 1. The minimum absolute atomic E-state index is 0.0166. The van der Waals surface area contributed by atoms with Gasteiger partial charge in [0, 0.05) is 27.1 Å². The van der Waals surface area contributed by atoms with Crippen LogP contribution in [-0.4, -0.2) is 47.8 Å². The van der Waals surface area contributed by atoms with Gasteiger partial charge in [-0.1, -0.05) is 0 Å².